The van der Waals surface area contributed by atoms with Gasteiger partial charge in [-0.1, -0.05) is 6.07 Å². The van der Waals surface area contributed by atoms with Crippen molar-refractivity contribution >= 4 is 0 Å². The zero-order chi connectivity index (χ0) is 8.32. The minimum absolute atomic E-state index is 0.923. The van der Waals surface area contributed by atoms with Crippen LogP contribution in [0, 0.1) is 0 Å². The number of hydrogen-bond donors (Lipinski definition) is 0. The lowest BCUT2D eigenvalue weighted by Gasteiger charge is -2.00. The molecule has 1 heterocycles. The number of pyridine rings is 1. The normalized spacial score (nSPS) is 11.5. The fourth-order valence-corrected chi connectivity index (χ4v) is 0.747. The summed E-state index contributed by atoms with van der Waals surface area (Å²) < 4.78 is 36.2. The van der Waals surface area contributed by atoms with E-state index in [0.717, 1.165) is 4.57 Å². The molecular weight excluding hydrogens is 155 g/mol. The molecule has 0 aliphatic rings. The molecular formula is C7H7F3N+. The first-order valence-electron chi connectivity index (χ1n) is 3.09. The monoisotopic (exact) mass is 162 g/mol. The Morgan fingerprint density at radius 3 is 2.00 bits per heavy atom. The molecule has 0 aliphatic heterocycles. The third-order valence-corrected chi connectivity index (χ3v) is 1.14. The lowest BCUT2D eigenvalue weighted by molar-refractivity contribution is -0.719. The molecule has 0 atom stereocenters. The number of nitrogens with zero attached hydrogens (tertiary/aromatic N) is 1. The first kappa shape index (κ1) is 8.04. The third-order valence-electron chi connectivity index (χ3n) is 1.14. The molecule has 4 heteroatoms. The van der Waals surface area contributed by atoms with Gasteiger partial charge in [0.2, 0.25) is 6.54 Å². The molecule has 1 nitrogen and oxygen atoms in total. The highest BCUT2D eigenvalue weighted by Crippen LogP contribution is 2.13. The maximum atomic E-state index is 11.7. The van der Waals surface area contributed by atoms with Gasteiger partial charge in [-0.25, -0.2) is 0 Å². The van der Waals surface area contributed by atoms with E-state index in [0.29, 0.717) is 0 Å². The van der Waals surface area contributed by atoms with E-state index >= 15 is 0 Å². The SMILES string of the molecule is FC(F)(F)C[n+]1ccccc1. The Kier molecular flexibility index (Phi) is 2.12. The van der Waals surface area contributed by atoms with Crippen molar-refractivity contribution in [1.82, 2.24) is 0 Å². The maximum Gasteiger partial charge on any atom is 0.448 e. The van der Waals surface area contributed by atoms with Gasteiger partial charge in [-0.3, -0.25) is 0 Å². The number of alkyl halides is 3. The van der Waals surface area contributed by atoms with Gasteiger partial charge in [0.05, 0.1) is 0 Å². The standard InChI is InChI=1S/C7H7F3N/c8-7(9,10)6-11-4-2-1-3-5-11/h1-5H,6H2/q+1. The Hall–Kier alpha value is -1.06. The Labute approximate surface area is 62.1 Å². The van der Waals surface area contributed by atoms with Gasteiger partial charge < -0.3 is 0 Å². The number of halogens is 3. The predicted octanol–water partition coefficient (Wildman–Crippen LogP) is 1.54. The molecule has 0 fully saturated rings. The fourth-order valence-electron chi connectivity index (χ4n) is 0.747. The van der Waals surface area contributed by atoms with Crippen LogP contribution >= 0.6 is 0 Å². The molecule has 0 saturated heterocycles. The molecule has 0 bridgehead atoms. The molecule has 0 aromatic carbocycles. The molecule has 1 aromatic heterocycles. The molecule has 0 aliphatic carbocycles. The molecule has 0 radical (unpaired) electrons. The second-order valence-corrected chi connectivity index (χ2v) is 2.16. The molecule has 1 aromatic rings. The van der Waals surface area contributed by atoms with Crippen LogP contribution in [0.2, 0.25) is 0 Å². The summed E-state index contributed by atoms with van der Waals surface area (Å²) >= 11 is 0. The summed E-state index contributed by atoms with van der Waals surface area (Å²) in [6, 6.07) is 4.80. The van der Waals surface area contributed by atoms with E-state index in [-0.39, 0.29) is 0 Å². The van der Waals surface area contributed by atoms with Crippen molar-refractivity contribution in [3.8, 4) is 0 Å². The third kappa shape index (κ3) is 3.02. The summed E-state index contributed by atoms with van der Waals surface area (Å²) in [5.41, 5.74) is 0. The maximum absolute atomic E-state index is 11.7. The van der Waals surface area contributed by atoms with E-state index < -0.39 is 12.7 Å². The van der Waals surface area contributed by atoms with Gasteiger partial charge in [0, 0.05) is 12.1 Å². The molecule has 0 unspecified atom stereocenters. The summed E-state index contributed by atoms with van der Waals surface area (Å²) in [6.45, 7) is -0.923. The van der Waals surface area contributed by atoms with Gasteiger partial charge >= 0.3 is 6.18 Å². The van der Waals surface area contributed by atoms with Crippen molar-refractivity contribution < 1.29 is 17.7 Å². The van der Waals surface area contributed by atoms with Gasteiger partial charge in [-0.2, -0.15) is 17.7 Å². The van der Waals surface area contributed by atoms with Crippen LogP contribution in [-0.4, -0.2) is 6.18 Å². The van der Waals surface area contributed by atoms with Crippen LogP contribution in [0.25, 0.3) is 0 Å². The van der Waals surface area contributed by atoms with Crippen molar-refractivity contribution in [3.05, 3.63) is 30.6 Å². The van der Waals surface area contributed by atoms with Gasteiger partial charge in [0.1, 0.15) is 0 Å². The molecule has 0 N–H and O–H groups in total. The van der Waals surface area contributed by atoms with Gasteiger partial charge in [0.25, 0.3) is 0 Å². The Morgan fingerprint density at radius 1 is 1.00 bits per heavy atom. The van der Waals surface area contributed by atoms with E-state index in [2.05, 4.69) is 0 Å². The molecule has 0 spiro atoms. The van der Waals surface area contributed by atoms with Gasteiger partial charge in [-0.05, 0) is 0 Å². The van der Waals surface area contributed by atoms with Crippen LogP contribution in [0.4, 0.5) is 13.2 Å². The first-order chi connectivity index (χ1) is 5.08. The van der Waals surface area contributed by atoms with E-state index in [1.807, 2.05) is 0 Å². The highest BCUT2D eigenvalue weighted by molar-refractivity contribution is 4.83. The second-order valence-electron chi connectivity index (χ2n) is 2.16. The number of aromatic nitrogens is 1. The summed E-state index contributed by atoms with van der Waals surface area (Å²) in [7, 11) is 0. The lowest BCUT2D eigenvalue weighted by atomic mass is 10.5. The van der Waals surface area contributed by atoms with Crippen molar-refractivity contribution in [1.29, 1.82) is 0 Å². The van der Waals surface area contributed by atoms with Gasteiger partial charge in [0.15, 0.2) is 12.4 Å². The van der Waals surface area contributed by atoms with Crippen LogP contribution in [0.15, 0.2) is 30.6 Å². The van der Waals surface area contributed by atoms with Crippen LogP contribution in [-0.2, 0) is 6.54 Å². The molecule has 60 valence electrons. The average Bonchev–Trinajstić information content (AvgIpc) is 1.85. The number of rotatable bonds is 1. The zero-order valence-electron chi connectivity index (χ0n) is 5.67. The molecule has 0 saturated carbocycles. The Bertz CT molecular complexity index is 217. The van der Waals surface area contributed by atoms with E-state index in [1.54, 1.807) is 18.2 Å². The summed E-state index contributed by atoms with van der Waals surface area (Å²) in [6.07, 6.45) is -1.37. The largest absolute Gasteiger partial charge is 0.448 e. The van der Waals surface area contributed by atoms with E-state index in [1.165, 1.54) is 12.4 Å². The lowest BCUT2D eigenvalue weighted by Crippen LogP contribution is -2.40. The minimum atomic E-state index is -4.13. The van der Waals surface area contributed by atoms with Crippen LogP contribution in [0.5, 0.6) is 0 Å². The summed E-state index contributed by atoms with van der Waals surface area (Å²) in [5.74, 6) is 0. The Morgan fingerprint density at radius 2 is 1.55 bits per heavy atom. The predicted molar refractivity (Wildman–Crippen MR) is 32.7 cm³/mol. The first-order valence-corrected chi connectivity index (χ1v) is 3.09. The van der Waals surface area contributed by atoms with Crippen LogP contribution in [0.1, 0.15) is 0 Å². The minimum Gasteiger partial charge on any atom is -0.196 e. The zero-order valence-corrected chi connectivity index (χ0v) is 5.67. The highest BCUT2D eigenvalue weighted by atomic mass is 19.4. The topological polar surface area (TPSA) is 3.88 Å². The average molecular weight is 162 g/mol. The molecule has 0 amide bonds. The Balaban J connectivity index is 2.66. The summed E-state index contributed by atoms with van der Waals surface area (Å²) in [5, 5.41) is 0. The van der Waals surface area contributed by atoms with Crippen molar-refractivity contribution in [2.75, 3.05) is 0 Å². The van der Waals surface area contributed by atoms with E-state index in [4.69, 9.17) is 0 Å². The summed E-state index contributed by atoms with van der Waals surface area (Å²) in [4.78, 5) is 0. The van der Waals surface area contributed by atoms with Gasteiger partial charge in [-0.15, -0.1) is 0 Å². The van der Waals surface area contributed by atoms with Crippen LogP contribution in [0.3, 0.4) is 0 Å². The quantitative estimate of drug-likeness (QED) is 0.551. The van der Waals surface area contributed by atoms with Crippen LogP contribution < -0.4 is 4.57 Å². The molecule has 11 heavy (non-hydrogen) atoms. The smallest absolute Gasteiger partial charge is 0.196 e. The highest BCUT2D eigenvalue weighted by Gasteiger charge is 2.32. The van der Waals surface area contributed by atoms with Crippen molar-refractivity contribution in [2.24, 2.45) is 0 Å². The van der Waals surface area contributed by atoms with E-state index in [9.17, 15) is 13.2 Å². The fraction of sp³-hybridized carbons (Fsp3) is 0.286. The number of hydrogen-bond acceptors (Lipinski definition) is 0. The molecule has 1 rings (SSSR count). The second kappa shape index (κ2) is 2.90. The van der Waals surface area contributed by atoms with Crippen molar-refractivity contribution in [2.45, 2.75) is 12.7 Å². The van der Waals surface area contributed by atoms with Crippen molar-refractivity contribution in [3.63, 3.8) is 0 Å².